The van der Waals surface area contributed by atoms with Gasteiger partial charge in [-0.3, -0.25) is 10.1 Å². The Bertz CT molecular complexity index is 758. The largest absolute Gasteiger partial charge is 0.444 e. The molecule has 0 aliphatic heterocycles. The Morgan fingerprint density at radius 2 is 1.96 bits per heavy atom. The molecule has 5 nitrogen and oxygen atoms in total. The number of allylic oxidation sites excluding steroid dienone is 1. The Morgan fingerprint density at radius 1 is 1.30 bits per heavy atom. The SMILES string of the molecule is Cc1cccc(NC(=O)O[C@H](C)CNC(=O)[C@H]2[C@H](C=C(Cl)Cl)C2(C)C)c1C. The molecule has 1 aromatic rings. The number of ether oxygens (including phenoxy) is 1. The van der Waals surface area contributed by atoms with E-state index in [4.69, 9.17) is 27.9 Å². The first kappa shape index (κ1) is 21.6. The van der Waals surface area contributed by atoms with E-state index in [1.807, 2.05) is 45.9 Å². The number of hydrogen-bond donors (Lipinski definition) is 2. The lowest BCUT2D eigenvalue weighted by atomic mass is 10.1. The van der Waals surface area contributed by atoms with Crippen LogP contribution < -0.4 is 10.6 Å². The first-order valence-corrected chi connectivity index (χ1v) is 9.64. The van der Waals surface area contributed by atoms with Crippen LogP contribution in [-0.4, -0.2) is 24.6 Å². The summed E-state index contributed by atoms with van der Waals surface area (Å²) in [6.45, 7) is 9.86. The van der Waals surface area contributed by atoms with E-state index in [9.17, 15) is 9.59 Å². The van der Waals surface area contributed by atoms with Crippen molar-refractivity contribution < 1.29 is 14.3 Å². The number of nitrogens with one attached hydrogen (secondary N) is 2. The van der Waals surface area contributed by atoms with Gasteiger partial charge in [0.1, 0.15) is 10.6 Å². The summed E-state index contributed by atoms with van der Waals surface area (Å²) in [5, 5.41) is 5.57. The van der Waals surface area contributed by atoms with Gasteiger partial charge in [-0.2, -0.15) is 0 Å². The van der Waals surface area contributed by atoms with E-state index >= 15 is 0 Å². The lowest BCUT2D eigenvalue weighted by Gasteiger charge is -2.16. The van der Waals surface area contributed by atoms with E-state index < -0.39 is 12.2 Å². The minimum Gasteiger partial charge on any atom is -0.444 e. The van der Waals surface area contributed by atoms with Crippen molar-refractivity contribution in [2.24, 2.45) is 17.3 Å². The van der Waals surface area contributed by atoms with Gasteiger partial charge in [0.2, 0.25) is 5.91 Å². The molecule has 1 fully saturated rings. The molecule has 2 N–H and O–H groups in total. The number of hydrogen-bond acceptors (Lipinski definition) is 3. The molecule has 1 aromatic carbocycles. The maximum Gasteiger partial charge on any atom is 0.411 e. The molecule has 0 aromatic heterocycles. The van der Waals surface area contributed by atoms with Crippen LogP contribution >= 0.6 is 23.2 Å². The summed E-state index contributed by atoms with van der Waals surface area (Å²) in [6.07, 6.45) is 0.684. The fourth-order valence-electron chi connectivity index (χ4n) is 3.23. The van der Waals surface area contributed by atoms with E-state index in [0.29, 0.717) is 5.69 Å². The van der Waals surface area contributed by atoms with Gasteiger partial charge in [0.25, 0.3) is 0 Å². The second kappa shape index (κ2) is 8.53. The van der Waals surface area contributed by atoms with Crippen molar-refractivity contribution in [2.75, 3.05) is 11.9 Å². The average Bonchev–Trinajstić information content (AvgIpc) is 3.09. The van der Waals surface area contributed by atoms with Gasteiger partial charge in [0.15, 0.2) is 0 Å². The van der Waals surface area contributed by atoms with Crippen molar-refractivity contribution in [1.29, 1.82) is 0 Å². The van der Waals surface area contributed by atoms with Crippen LogP contribution in [0.15, 0.2) is 28.8 Å². The summed E-state index contributed by atoms with van der Waals surface area (Å²) in [5.41, 5.74) is 2.59. The molecule has 0 radical (unpaired) electrons. The molecule has 0 bridgehead atoms. The van der Waals surface area contributed by atoms with Crippen LogP contribution in [0.4, 0.5) is 10.5 Å². The summed E-state index contributed by atoms with van der Waals surface area (Å²) in [4.78, 5) is 24.5. The number of carbonyl (C=O) groups is 2. The van der Waals surface area contributed by atoms with Gasteiger partial charge in [-0.1, -0.05) is 49.2 Å². The molecule has 2 amide bonds. The minimum atomic E-state index is -0.549. The molecule has 2 rings (SSSR count). The number of aryl methyl sites for hydroxylation is 1. The fourth-order valence-corrected chi connectivity index (χ4v) is 3.50. The Morgan fingerprint density at radius 3 is 2.59 bits per heavy atom. The lowest BCUT2D eigenvalue weighted by Crippen LogP contribution is -2.35. The molecule has 0 saturated heterocycles. The van der Waals surface area contributed by atoms with Crippen LogP contribution in [0.1, 0.15) is 31.9 Å². The van der Waals surface area contributed by atoms with Gasteiger partial charge in [-0.15, -0.1) is 0 Å². The Balaban J connectivity index is 1.81. The molecule has 7 heteroatoms. The maximum atomic E-state index is 12.4. The molecule has 27 heavy (non-hydrogen) atoms. The topological polar surface area (TPSA) is 67.4 Å². The summed E-state index contributed by atoms with van der Waals surface area (Å²) >= 11 is 11.4. The van der Waals surface area contributed by atoms with Gasteiger partial charge in [-0.05, 0) is 55.4 Å². The summed E-state index contributed by atoms with van der Waals surface area (Å²) in [6, 6.07) is 5.67. The zero-order chi connectivity index (χ0) is 20.4. The molecular formula is C20H26Cl2N2O3. The maximum absolute atomic E-state index is 12.4. The summed E-state index contributed by atoms with van der Waals surface area (Å²) in [5.74, 6) is -0.284. The van der Waals surface area contributed by atoms with Gasteiger partial charge >= 0.3 is 6.09 Å². The number of halogens is 2. The standard InChI is InChI=1S/C20H26Cl2N2O3/c1-11-7-6-8-15(13(11)3)24-19(26)27-12(2)10-23-18(25)17-14(9-16(21)22)20(17,4)5/h6-9,12,14,17H,10H2,1-5H3,(H,23,25)(H,24,26)/t12-,14+,17-/m1/s1. The second-order valence-electron chi connectivity index (χ2n) is 7.61. The average molecular weight is 413 g/mol. The second-order valence-corrected chi connectivity index (χ2v) is 8.62. The molecule has 0 spiro atoms. The number of benzene rings is 1. The van der Waals surface area contributed by atoms with E-state index in [2.05, 4.69) is 10.6 Å². The van der Waals surface area contributed by atoms with Crippen molar-refractivity contribution in [3.63, 3.8) is 0 Å². The molecule has 0 unspecified atom stereocenters. The molecular weight excluding hydrogens is 387 g/mol. The molecule has 1 aliphatic carbocycles. The normalized spacial score (nSPS) is 21.0. The van der Waals surface area contributed by atoms with Gasteiger partial charge in [-0.25, -0.2) is 4.79 Å². The van der Waals surface area contributed by atoms with E-state index in [1.54, 1.807) is 13.0 Å². The molecule has 148 valence electrons. The van der Waals surface area contributed by atoms with Crippen molar-refractivity contribution in [1.82, 2.24) is 5.32 Å². The first-order chi connectivity index (χ1) is 12.5. The summed E-state index contributed by atoms with van der Waals surface area (Å²) in [7, 11) is 0. The van der Waals surface area contributed by atoms with E-state index in [0.717, 1.165) is 11.1 Å². The number of amides is 2. The van der Waals surface area contributed by atoms with Crippen LogP contribution in [0.3, 0.4) is 0 Å². The highest BCUT2D eigenvalue weighted by Gasteiger charge is 2.60. The highest BCUT2D eigenvalue weighted by atomic mass is 35.5. The lowest BCUT2D eigenvalue weighted by molar-refractivity contribution is -0.123. The third kappa shape index (κ3) is 5.39. The Kier molecular flexibility index (Phi) is 6.82. The smallest absolute Gasteiger partial charge is 0.411 e. The summed E-state index contributed by atoms with van der Waals surface area (Å²) < 4.78 is 5.49. The third-order valence-electron chi connectivity index (χ3n) is 5.21. The van der Waals surface area contributed by atoms with Gasteiger partial charge in [0, 0.05) is 5.69 Å². The molecule has 0 heterocycles. The van der Waals surface area contributed by atoms with Crippen molar-refractivity contribution in [2.45, 2.75) is 40.7 Å². The quantitative estimate of drug-likeness (QED) is 0.694. The molecule has 1 saturated carbocycles. The van der Waals surface area contributed by atoms with Gasteiger partial charge < -0.3 is 10.1 Å². The number of carbonyl (C=O) groups excluding carboxylic acids is 2. The fraction of sp³-hybridized carbons (Fsp3) is 0.500. The van der Waals surface area contributed by atoms with E-state index in [1.165, 1.54) is 0 Å². The third-order valence-corrected chi connectivity index (χ3v) is 5.46. The van der Waals surface area contributed by atoms with Crippen molar-refractivity contribution in [3.05, 3.63) is 39.9 Å². The van der Waals surface area contributed by atoms with Gasteiger partial charge in [0.05, 0.1) is 12.5 Å². The zero-order valence-corrected chi connectivity index (χ0v) is 17.7. The zero-order valence-electron chi connectivity index (χ0n) is 16.2. The van der Waals surface area contributed by atoms with E-state index in [-0.39, 0.29) is 34.2 Å². The Labute approximate surface area is 170 Å². The number of anilines is 1. The van der Waals surface area contributed by atoms with Crippen LogP contribution in [0.25, 0.3) is 0 Å². The predicted molar refractivity (Wildman–Crippen MR) is 109 cm³/mol. The van der Waals surface area contributed by atoms with Crippen molar-refractivity contribution >= 4 is 40.9 Å². The highest BCUT2D eigenvalue weighted by molar-refractivity contribution is 6.55. The van der Waals surface area contributed by atoms with Crippen LogP contribution in [0.5, 0.6) is 0 Å². The van der Waals surface area contributed by atoms with Crippen molar-refractivity contribution in [3.8, 4) is 0 Å². The highest BCUT2D eigenvalue weighted by Crippen LogP contribution is 2.59. The minimum absolute atomic E-state index is 0.00585. The number of rotatable bonds is 6. The first-order valence-electron chi connectivity index (χ1n) is 8.88. The molecule has 1 aliphatic rings. The molecule has 3 atom stereocenters. The monoisotopic (exact) mass is 412 g/mol. The van der Waals surface area contributed by atoms with Crippen LogP contribution in [-0.2, 0) is 9.53 Å². The van der Waals surface area contributed by atoms with Crippen LogP contribution in [0.2, 0.25) is 0 Å². The van der Waals surface area contributed by atoms with Crippen LogP contribution in [0, 0.1) is 31.1 Å². The predicted octanol–water partition coefficient (Wildman–Crippen LogP) is 4.95. The Hall–Kier alpha value is -1.72.